The molecule has 13 heavy (non-hydrogen) atoms. The van der Waals surface area contributed by atoms with Crippen LogP contribution in [0.15, 0.2) is 12.5 Å². The Labute approximate surface area is 88.3 Å². The maximum absolute atomic E-state index is 10.5. The van der Waals surface area contributed by atoms with Crippen LogP contribution in [0.1, 0.15) is 5.69 Å². The molecule has 7 heteroatoms. The Hall–Kier alpha value is -0.780. The number of primary amides is 1. The summed E-state index contributed by atoms with van der Waals surface area (Å²) in [4.78, 5) is 14.4. The predicted octanol–water partition coefficient (Wildman–Crippen LogP) is 0.155. The molecule has 0 unspecified atom stereocenters. The molecule has 0 radical (unpaired) electrons. The molecule has 0 fully saturated rings. The normalized spacial score (nSPS) is 8.38. The molecule has 0 spiro atoms. The molecule has 0 aliphatic carbocycles. The van der Waals surface area contributed by atoms with Crippen molar-refractivity contribution < 1.29 is 4.79 Å². The Morgan fingerprint density at radius 3 is 2.54 bits per heavy atom. The lowest BCUT2D eigenvalue weighted by atomic mass is 10.3. The third-order valence-corrected chi connectivity index (χ3v) is 1.29. The van der Waals surface area contributed by atoms with Gasteiger partial charge in [-0.15, -0.1) is 24.8 Å². The highest BCUT2D eigenvalue weighted by atomic mass is 35.5. The van der Waals surface area contributed by atoms with Crippen molar-refractivity contribution in [2.45, 2.75) is 6.42 Å². The smallest absolute Gasteiger partial charge is 0.324 e. The number of hydrogen-bond acceptors (Lipinski definition) is 3. The van der Waals surface area contributed by atoms with Gasteiger partial charge in [0.1, 0.15) is 6.33 Å². The van der Waals surface area contributed by atoms with Crippen molar-refractivity contribution in [1.29, 1.82) is 0 Å². The summed E-state index contributed by atoms with van der Waals surface area (Å²) in [5, 5.41) is 0. The molecule has 0 saturated carbocycles. The Balaban J connectivity index is 0. The van der Waals surface area contributed by atoms with E-state index < -0.39 is 6.03 Å². The molecule has 1 aromatic heterocycles. The highest BCUT2D eigenvalue weighted by molar-refractivity contribution is 5.85. The summed E-state index contributed by atoms with van der Waals surface area (Å²) in [6.07, 6.45) is 3.63. The summed E-state index contributed by atoms with van der Waals surface area (Å²) in [6, 6.07) is -0.527. The fraction of sp³-hybridized carbons (Fsp3) is 0.333. The number of carbonyl (C=O) groups is 1. The van der Waals surface area contributed by atoms with Crippen molar-refractivity contribution >= 4 is 30.8 Å². The third-order valence-electron chi connectivity index (χ3n) is 1.29. The monoisotopic (exact) mass is 226 g/mol. The molecule has 5 nitrogen and oxygen atoms in total. The number of rotatable bonds is 2. The molecule has 1 amide bonds. The van der Waals surface area contributed by atoms with Gasteiger partial charge < -0.3 is 11.5 Å². The lowest BCUT2D eigenvalue weighted by Gasteiger charge is -1.90. The second kappa shape index (κ2) is 6.71. The van der Waals surface area contributed by atoms with Crippen LogP contribution in [0.2, 0.25) is 0 Å². The lowest BCUT2D eigenvalue weighted by Crippen LogP contribution is -2.17. The van der Waals surface area contributed by atoms with Gasteiger partial charge in [0.15, 0.2) is 0 Å². The summed E-state index contributed by atoms with van der Waals surface area (Å²) >= 11 is 0. The summed E-state index contributed by atoms with van der Waals surface area (Å²) in [6.45, 7) is 0.524. The van der Waals surface area contributed by atoms with Crippen LogP contribution in [-0.4, -0.2) is 22.1 Å². The minimum Gasteiger partial charge on any atom is -0.351 e. The zero-order valence-corrected chi connectivity index (χ0v) is 8.48. The van der Waals surface area contributed by atoms with E-state index >= 15 is 0 Å². The van der Waals surface area contributed by atoms with Crippen LogP contribution in [0.4, 0.5) is 4.79 Å². The largest absolute Gasteiger partial charge is 0.351 e. The molecule has 0 atom stereocenters. The van der Waals surface area contributed by atoms with Crippen molar-refractivity contribution in [2.24, 2.45) is 11.5 Å². The van der Waals surface area contributed by atoms with Crippen molar-refractivity contribution in [3.63, 3.8) is 0 Å². The fourth-order valence-corrected chi connectivity index (χ4v) is 0.761. The Morgan fingerprint density at radius 1 is 1.54 bits per heavy atom. The minimum absolute atomic E-state index is 0. The van der Waals surface area contributed by atoms with Crippen LogP contribution < -0.4 is 11.5 Å². The van der Waals surface area contributed by atoms with Crippen LogP contribution in [0.5, 0.6) is 0 Å². The van der Waals surface area contributed by atoms with Crippen LogP contribution in [-0.2, 0) is 6.42 Å². The molecular formula is C6H12Cl2N4O. The van der Waals surface area contributed by atoms with Gasteiger partial charge in [0.25, 0.3) is 0 Å². The second-order valence-electron chi connectivity index (χ2n) is 2.15. The Bertz CT molecular complexity index is 263. The average Bonchev–Trinajstić information content (AvgIpc) is 2.37. The van der Waals surface area contributed by atoms with Gasteiger partial charge in [-0.25, -0.2) is 9.78 Å². The maximum Gasteiger partial charge on any atom is 0.324 e. The summed E-state index contributed by atoms with van der Waals surface area (Å²) in [5.74, 6) is 0. The minimum atomic E-state index is -0.527. The molecule has 0 saturated heterocycles. The van der Waals surface area contributed by atoms with Gasteiger partial charge >= 0.3 is 6.03 Å². The highest BCUT2D eigenvalue weighted by Crippen LogP contribution is 1.94. The standard InChI is InChI=1S/C6H10N4O.2ClH/c7-2-1-5-3-10(4-9-5)6(8)11;;/h3-4H,1-2,7H2,(H2,8,11);2*1H. The maximum atomic E-state index is 10.5. The lowest BCUT2D eigenvalue weighted by molar-refractivity contribution is 0.250. The highest BCUT2D eigenvalue weighted by Gasteiger charge is 2.00. The van der Waals surface area contributed by atoms with E-state index in [1.165, 1.54) is 10.9 Å². The van der Waals surface area contributed by atoms with E-state index in [0.29, 0.717) is 13.0 Å². The number of aromatic nitrogens is 2. The van der Waals surface area contributed by atoms with Gasteiger partial charge in [0.05, 0.1) is 5.69 Å². The number of carbonyl (C=O) groups excluding carboxylic acids is 1. The molecule has 4 N–H and O–H groups in total. The van der Waals surface area contributed by atoms with Crippen LogP contribution in [0, 0.1) is 0 Å². The van der Waals surface area contributed by atoms with Gasteiger partial charge in [-0.3, -0.25) is 4.57 Å². The molecule has 1 heterocycles. The number of amides is 1. The van der Waals surface area contributed by atoms with Crippen molar-refractivity contribution in [1.82, 2.24) is 9.55 Å². The first-order chi connectivity index (χ1) is 5.24. The zero-order chi connectivity index (χ0) is 8.27. The summed E-state index contributed by atoms with van der Waals surface area (Å²) in [7, 11) is 0. The van der Waals surface area contributed by atoms with E-state index in [4.69, 9.17) is 11.5 Å². The Kier molecular flexibility index (Phi) is 7.60. The quantitative estimate of drug-likeness (QED) is 0.754. The van der Waals surface area contributed by atoms with Crippen molar-refractivity contribution in [3.8, 4) is 0 Å². The van der Waals surface area contributed by atoms with Crippen LogP contribution in [0.3, 0.4) is 0 Å². The molecule has 76 valence electrons. The number of nitrogens with two attached hydrogens (primary N) is 2. The Morgan fingerprint density at radius 2 is 2.15 bits per heavy atom. The topological polar surface area (TPSA) is 86.9 Å². The first-order valence-electron chi connectivity index (χ1n) is 3.27. The number of imidazole rings is 1. The number of nitrogens with zero attached hydrogens (tertiary/aromatic N) is 2. The van der Waals surface area contributed by atoms with E-state index in [0.717, 1.165) is 5.69 Å². The number of hydrogen-bond donors (Lipinski definition) is 2. The van der Waals surface area contributed by atoms with Gasteiger partial charge in [0.2, 0.25) is 0 Å². The third kappa shape index (κ3) is 4.12. The predicted molar refractivity (Wildman–Crippen MR) is 54.5 cm³/mol. The molecular weight excluding hydrogens is 215 g/mol. The van der Waals surface area contributed by atoms with E-state index in [2.05, 4.69) is 4.98 Å². The number of halogens is 2. The zero-order valence-electron chi connectivity index (χ0n) is 6.84. The van der Waals surface area contributed by atoms with E-state index in [1.807, 2.05) is 0 Å². The molecule has 0 aliphatic rings. The van der Waals surface area contributed by atoms with E-state index in [-0.39, 0.29) is 24.8 Å². The van der Waals surface area contributed by atoms with Crippen LogP contribution >= 0.6 is 24.8 Å². The van der Waals surface area contributed by atoms with Gasteiger partial charge in [-0.1, -0.05) is 0 Å². The molecule has 1 rings (SSSR count). The molecule has 0 aromatic carbocycles. The van der Waals surface area contributed by atoms with Crippen molar-refractivity contribution in [3.05, 3.63) is 18.2 Å². The first kappa shape index (κ1) is 14.7. The summed E-state index contributed by atoms with van der Waals surface area (Å²) < 4.78 is 1.23. The first-order valence-corrected chi connectivity index (χ1v) is 3.27. The SMILES string of the molecule is Cl.Cl.NCCc1cn(C(N)=O)cn1. The van der Waals surface area contributed by atoms with Gasteiger partial charge in [-0.05, 0) is 6.54 Å². The summed E-state index contributed by atoms with van der Waals surface area (Å²) in [5.41, 5.74) is 11.0. The molecule has 0 bridgehead atoms. The van der Waals surface area contributed by atoms with Gasteiger partial charge in [-0.2, -0.15) is 0 Å². The molecule has 1 aromatic rings. The fourth-order valence-electron chi connectivity index (χ4n) is 0.761. The van der Waals surface area contributed by atoms with Gasteiger partial charge in [0, 0.05) is 12.6 Å². The van der Waals surface area contributed by atoms with Crippen molar-refractivity contribution in [2.75, 3.05) is 6.54 Å². The molecule has 0 aliphatic heterocycles. The van der Waals surface area contributed by atoms with E-state index in [9.17, 15) is 4.79 Å². The van der Waals surface area contributed by atoms with Crippen LogP contribution in [0.25, 0.3) is 0 Å². The average molecular weight is 227 g/mol. The van der Waals surface area contributed by atoms with E-state index in [1.54, 1.807) is 6.20 Å². The second-order valence-corrected chi connectivity index (χ2v) is 2.15.